The molecule has 0 radical (unpaired) electrons. The van der Waals surface area contributed by atoms with Gasteiger partial charge in [0.2, 0.25) is 0 Å². The summed E-state index contributed by atoms with van der Waals surface area (Å²) in [6.45, 7) is 7.36. The predicted molar refractivity (Wildman–Crippen MR) is 217 cm³/mol. The van der Waals surface area contributed by atoms with Gasteiger partial charge in [-0.1, -0.05) is 69.3 Å². The second kappa shape index (κ2) is 11.7. The fourth-order valence-corrected chi connectivity index (χ4v) is 8.69. The van der Waals surface area contributed by atoms with Crippen LogP contribution in [0.4, 0.5) is 22.7 Å². The van der Waals surface area contributed by atoms with Crippen molar-refractivity contribution in [2.45, 2.75) is 26.2 Å². The molecule has 1 aliphatic heterocycles. The third-order valence-electron chi connectivity index (χ3n) is 10.2. The van der Waals surface area contributed by atoms with Gasteiger partial charge in [0.15, 0.2) is 0 Å². The number of fused-ring (bicyclic) bond motifs is 7. The molecule has 52 heavy (non-hydrogen) atoms. The lowest BCUT2D eigenvalue weighted by atomic mass is 9.88. The average molecular weight is 694 g/mol. The molecular formula is C45H35N5OS. The van der Waals surface area contributed by atoms with Crippen LogP contribution in [0.3, 0.4) is 0 Å². The van der Waals surface area contributed by atoms with E-state index >= 15 is 0 Å². The summed E-state index contributed by atoms with van der Waals surface area (Å²) in [7, 11) is 0. The van der Waals surface area contributed by atoms with Crippen LogP contribution in [0.15, 0.2) is 146 Å². The molecule has 0 N–H and O–H groups in total. The second-order valence-electron chi connectivity index (χ2n) is 14.4. The van der Waals surface area contributed by atoms with E-state index in [1.165, 1.54) is 31.1 Å². The standard InChI is InChI=1S/C45H35N5OS/c1-45(2,3)29-19-22-47-44(23-29)50-38-13-6-4-11-34(38)35-18-16-33(26-40(35)50)51-32-10-8-9-30(24-32)49-28-48(39-20-21-46-27-41(39)49)31-15-17-37-36-12-5-7-14-42(36)52-43(37)25-31/h4-27H,28H2,1-3H3. The van der Waals surface area contributed by atoms with E-state index in [0.29, 0.717) is 6.67 Å². The number of benzene rings is 5. The first-order chi connectivity index (χ1) is 25.4. The lowest BCUT2D eigenvalue weighted by Crippen LogP contribution is -2.23. The summed E-state index contributed by atoms with van der Waals surface area (Å²) in [4.78, 5) is 14.0. The molecule has 5 aromatic carbocycles. The Hall–Kier alpha value is -6.18. The Morgan fingerprint density at radius 3 is 2.25 bits per heavy atom. The summed E-state index contributed by atoms with van der Waals surface area (Å²) < 4.78 is 11.5. The molecule has 9 aromatic rings. The van der Waals surface area contributed by atoms with E-state index in [2.05, 4.69) is 161 Å². The Morgan fingerprint density at radius 1 is 0.596 bits per heavy atom. The summed E-state index contributed by atoms with van der Waals surface area (Å²) in [6.07, 6.45) is 5.74. The predicted octanol–water partition coefficient (Wildman–Crippen LogP) is 12.3. The number of pyridine rings is 2. The number of aromatic nitrogens is 3. The molecule has 1 aliphatic rings. The van der Waals surface area contributed by atoms with E-state index in [9.17, 15) is 0 Å². The maximum atomic E-state index is 6.64. The quantitative estimate of drug-likeness (QED) is 0.180. The molecule has 0 amide bonds. The van der Waals surface area contributed by atoms with Crippen LogP contribution in [0.1, 0.15) is 26.3 Å². The molecule has 4 aromatic heterocycles. The Labute approximate surface area is 305 Å². The van der Waals surface area contributed by atoms with E-state index in [4.69, 9.17) is 9.72 Å². The van der Waals surface area contributed by atoms with E-state index in [-0.39, 0.29) is 5.41 Å². The first kappa shape index (κ1) is 30.6. The molecule has 0 spiro atoms. The van der Waals surface area contributed by atoms with Gasteiger partial charge in [-0.3, -0.25) is 9.55 Å². The summed E-state index contributed by atoms with van der Waals surface area (Å²) in [5.41, 5.74) is 7.81. The zero-order valence-electron chi connectivity index (χ0n) is 29.1. The number of nitrogens with zero attached hydrogens (tertiary/aromatic N) is 5. The molecule has 10 rings (SSSR count). The zero-order valence-corrected chi connectivity index (χ0v) is 29.9. The van der Waals surface area contributed by atoms with Crippen LogP contribution in [0.2, 0.25) is 0 Å². The molecule has 0 saturated heterocycles. The van der Waals surface area contributed by atoms with Gasteiger partial charge in [0.25, 0.3) is 0 Å². The van der Waals surface area contributed by atoms with Gasteiger partial charge < -0.3 is 14.5 Å². The van der Waals surface area contributed by atoms with Crippen molar-refractivity contribution in [3.05, 3.63) is 152 Å². The molecule has 0 bridgehead atoms. The molecular weight excluding hydrogens is 659 g/mol. The van der Waals surface area contributed by atoms with Gasteiger partial charge in [-0.15, -0.1) is 11.3 Å². The topological polar surface area (TPSA) is 46.4 Å². The Balaban J connectivity index is 0.997. The average Bonchev–Trinajstić information content (AvgIpc) is 3.84. The molecule has 0 saturated carbocycles. The van der Waals surface area contributed by atoms with E-state index in [1.54, 1.807) is 0 Å². The minimum atomic E-state index is 0.00543. The number of ether oxygens (including phenoxy) is 1. The molecule has 0 aliphatic carbocycles. The van der Waals surface area contributed by atoms with Crippen LogP contribution in [0.5, 0.6) is 11.5 Å². The smallest absolute Gasteiger partial charge is 0.137 e. The van der Waals surface area contributed by atoms with E-state index < -0.39 is 0 Å². The van der Waals surface area contributed by atoms with E-state index in [0.717, 1.165) is 56.5 Å². The van der Waals surface area contributed by atoms with Gasteiger partial charge in [0.05, 0.1) is 28.6 Å². The van der Waals surface area contributed by atoms with Crippen LogP contribution in [0.25, 0.3) is 47.8 Å². The Morgan fingerprint density at radius 2 is 1.35 bits per heavy atom. The fraction of sp³-hybridized carbons (Fsp3) is 0.111. The number of para-hydroxylation sites is 1. The maximum absolute atomic E-state index is 6.64. The first-order valence-corrected chi connectivity index (χ1v) is 18.4. The van der Waals surface area contributed by atoms with Crippen molar-refractivity contribution in [3.63, 3.8) is 0 Å². The van der Waals surface area contributed by atoms with Gasteiger partial charge in [0, 0.05) is 66.8 Å². The molecule has 6 nitrogen and oxygen atoms in total. The van der Waals surface area contributed by atoms with Crippen molar-refractivity contribution < 1.29 is 4.74 Å². The first-order valence-electron chi connectivity index (χ1n) is 17.6. The molecule has 5 heterocycles. The molecule has 0 unspecified atom stereocenters. The molecule has 7 heteroatoms. The maximum Gasteiger partial charge on any atom is 0.137 e. The van der Waals surface area contributed by atoms with Crippen molar-refractivity contribution in [3.8, 4) is 17.3 Å². The number of anilines is 4. The van der Waals surface area contributed by atoms with Gasteiger partial charge >= 0.3 is 0 Å². The lowest BCUT2D eigenvalue weighted by Gasteiger charge is -2.22. The fourth-order valence-electron chi connectivity index (χ4n) is 7.55. The lowest BCUT2D eigenvalue weighted by molar-refractivity contribution is 0.483. The van der Waals surface area contributed by atoms with Crippen LogP contribution in [-0.4, -0.2) is 21.2 Å². The van der Waals surface area contributed by atoms with Crippen LogP contribution < -0.4 is 14.5 Å². The Kier molecular flexibility index (Phi) is 6.88. The number of rotatable bonds is 5. The van der Waals surface area contributed by atoms with Gasteiger partial charge in [-0.05, 0) is 77.7 Å². The van der Waals surface area contributed by atoms with Gasteiger partial charge in [-0.25, -0.2) is 4.98 Å². The Bertz CT molecular complexity index is 2830. The highest BCUT2D eigenvalue weighted by molar-refractivity contribution is 7.25. The second-order valence-corrected chi connectivity index (χ2v) is 15.5. The third-order valence-corrected chi connectivity index (χ3v) is 11.3. The van der Waals surface area contributed by atoms with Crippen molar-refractivity contribution in [1.82, 2.24) is 14.5 Å². The normalized spacial score (nSPS) is 13.1. The zero-order chi connectivity index (χ0) is 35.0. The van der Waals surface area contributed by atoms with Crippen LogP contribution in [0, 0.1) is 0 Å². The van der Waals surface area contributed by atoms with E-state index in [1.807, 2.05) is 36.0 Å². The van der Waals surface area contributed by atoms with Crippen molar-refractivity contribution in [2.24, 2.45) is 0 Å². The highest BCUT2D eigenvalue weighted by atomic mass is 32.1. The SMILES string of the molecule is CC(C)(C)c1ccnc(-n2c3ccccc3c3ccc(Oc4cccc(N5CN(c6ccc7c(c6)sc6ccccc67)c6ccncc65)c4)cc32)c1. The molecule has 0 fully saturated rings. The number of hydrogen-bond acceptors (Lipinski definition) is 6. The largest absolute Gasteiger partial charge is 0.457 e. The highest BCUT2D eigenvalue weighted by Gasteiger charge is 2.29. The highest BCUT2D eigenvalue weighted by Crippen LogP contribution is 2.46. The summed E-state index contributed by atoms with van der Waals surface area (Å²) in [6, 6.07) is 45.1. The van der Waals surface area contributed by atoms with Gasteiger partial charge in [0.1, 0.15) is 24.0 Å². The number of hydrogen-bond donors (Lipinski definition) is 0. The van der Waals surface area contributed by atoms with Crippen molar-refractivity contribution in [2.75, 3.05) is 16.5 Å². The monoisotopic (exact) mass is 693 g/mol. The van der Waals surface area contributed by atoms with Crippen molar-refractivity contribution in [1.29, 1.82) is 0 Å². The number of thiophene rings is 1. The van der Waals surface area contributed by atoms with Crippen LogP contribution >= 0.6 is 11.3 Å². The van der Waals surface area contributed by atoms with Crippen LogP contribution in [-0.2, 0) is 5.41 Å². The molecule has 0 atom stereocenters. The summed E-state index contributed by atoms with van der Waals surface area (Å²) in [5.74, 6) is 2.43. The van der Waals surface area contributed by atoms with Gasteiger partial charge in [-0.2, -0.15) is 0 Å². The minimum absolute atomic E-state index is 0.00543. The minimum Gasteiger partial charge on any atom is -0.457 e. The third kappa shape index (κ3) is 5.00. The van der Waals surface area contributed by atoms with Crippen molar-refractivity contribution >= 4 is 76.1 Å². The summed E-state index contributed by atoms with van der Waals surface area (Å²) >= 11 is 1.84. The summed E-state index contributed by atoms with van der Waals surface area (Å²) in [5, 5.41) is 4.96. The molecule has 252 valence electrons.